The molecule has 0 fully saturated rings. The number of nitrogens with zero attached hydrogens (tertiary/aromatic N) is 1. The number of benzene rings is 6. The quantitative estimate of drug-likeness (QED) is 0.0501. The third-order valence-electron chi connectivity index (χ3n) is 12.2. The molecule has 29 heteroatoms. The zero-order valence-electron chi connectivity index (χ0n) is 39.3. The van der Waals surface area contributed by atoms with Crippen molar-refractivity contribution in [2.45, 2.75) is 56.0 Å². The van der Waals surface area contributed by atoms with Crippen molar-refractivity contribution in [1.29, 1.82) is 0 Å². The number of hydrogen-bond acceptors (Lipinski definition) is 3. The summed E-state index contributed by atoms with van der Waals surface area (Å²) in [7, 11) is 1.33. The van der Waals surface area contributed by atoms with Gasteiger partial charge in [-0.25, -0.2) is 4.79 Å². The number of Topliss-reactive ketones (excluding diaryl/α,β-unsaturated/α-hetero) is 1. The summed E-state index contributed by atoms with van der Waals surface area (Å²) in [6, 6.07) is 11.4. The Morgan fingerprint density at radius 3 is 0.925 bits per heavy atom. The molecular formula is C51H28BF24NO3. The van der Waals surface area contributed by atoms with Crippen molar-refractivity contribution >= 4 is 50.7 Å². The van der Waals surface area contributed by atoms with Gasteiger partial charge in [0.05, 0.1) is 51.6 Å². The predicted molar refractivity (Wildman–Crippen MR) is 236 cm³/mol. The Hall–Kier alpha value is -7.75. The SMILES string of the molecule is COC(=O)c1ccc2ccccc2[n+]1CC(=O)c1ccccc1.FC(F)(F)c1cc([B-](c2cc(C(F)(F)F)cc(C(F)(F)F)c2)(c2cc(C(F)(F)F)cc(C(F)(F)F)c2)c2cc(C(F)(F)F)cc(C(F)(F)F)c2)cc(C(F)(F)F)c1. The molecule has 0 saturated carbocycles. The lowest BCUT2D eigenvalue weighted by Crippen LogP contribution is -2.75. The van der Waals surface area contributed by atoms with E-state index in [0.29, 0.717) is 11.3 Å². The third-order valence-corrected chi connectivity index (χ3v) is 12.2. The summed E-state index contributed by atoms with van der Waals surface area (Å²) in [6.07, 6.45) is -54.8. The van der Waals surface area contributed by atoms with E-state index in [1.807, 2.05) is 48.5 Å². The number of ketones is 1. The van der Waals surface area contributed by atoms with Crippen LogP contribution in [0.5, 0.6) is 0 Å². The molecule has 80 heavy (non-hydrogen) atoms. The van der Waals surface area contributed by atoms with Gasteiger partial charge in [-0.15, -0.1) is 0 Å². The first-order chi connectivity index (χ1) is 36.5. The second-order valence-corrected chi connectivity index (χ2v) is 17.4. The van der Waals surface area contributed by atoms with Crippen molar-refractivity contribution in [3.63, 3.8) is 0 Å². The minimum Gasteiger partial charge on any atom is -0.461 e. The van der Waals surface area contributed by atoms with Gasteiger partial charge in [0.25, 0.3) is 5.69 Å². The summed E-state index contributed by atoms with van der Waals surface area (Å²) in [5.74, 6) is -0.520. The first-order valence-corrected chi connectivity index (χ1v) is 21.9. The molecule has 0 unspecified atom stereocenters. The molecule has 0 N–H and O–H groups in total. The molecule has 6 aromatic carbocycles. The molecule has 0 spiro atoms. The zero-order valence-corrected chi connectivity index (χ0v) is 39.3. The predicted octanol–water partition coefficient (Wildman–Crippen LogP) is 14.0. The van der Waals surface area contributed by atoms with Gasteiger partial charge in [-0.1, -0.05) is 91.0 Å². The van der Waals surface area contributed by atoms with Gasteiger partial charge in [-0.2, -0.15) is 132 Å². The summed E-state index contributed by atoms with van der Waals surface area (Å²) in [4.78, 5) is 24.6. The number of para-hydroxylation sites is 1. The number of rotatable bonds is 8. The number of esters is 1. The van der Waals surface area contributed by atoms with Crippen molar-refractivity contribution in [3.05, 3.63) is 195 Å². The van der Waals surface area contributed by atoms with Gasteiger partial charge < -0.3 is 4.74 Å². The normalized spacial score (nSPS) is 13.2. The number of methoxy groups -OCH3 is 1. The van der Waals surface area contributed by atoms with Crippen LogP contribution in [0, 0.1) is 0 Å². The zero-order chi connectivity index (χ0) is 60.1. The number of carbonyl (C=O) groups excluding carboxylic acids is 2. The number of ether oxygens (including phenoxy) is 1. The van der Waals surface area contributed by atoms with Crippen LogP contribution in [0.2, 0.25) is 0 Å². The molecule has 0 aliphatic carbocycles. The van der Waals surface area contributed by atoms with Gasteiger partial charge in [0.2, 0.25) is 17.8 Å². The van der Waals surface area contributed by atoms with Crippen LogP contribution in [0.25, 0.3) is 10.9 Å². The lowest BCUT2D eigenvalue weighted by atomic mass is 9.12. The smallest absolute Gasteiger partial charge is 0.416 e. The molecular weight excluding hydrogens is 1140 g/mol. The van der Waals surface area contributed by atoms with Crippen molar-refractivity contribution in [2.75, 3.05) is 7.11 Å². The summed E-state index contributed by atoms with van der Waals surface area (Å²) in [5.41, 5.74) is -28.4. The molecule has 4 nitrogen and oxygen atoms in total. The van der Waals surface area contributed by atoms with Crippen molar-refractivity contribution in [1.82, 2.24) is 0 Å². The number of carbonyl (C=O) groups is 2. The van der Waals surface area contributed by atoms with Gasteiger partial charge in [0.1, 0.15) is 6.15 Å². The van der Waals surface area contributed by atoms with Crippen LogP contribution >= 0.6 is 0 Å². The van der Waals surface area contributed by atoms with Crippen molar-refractivity contribution in [2.24, 2.45) is 0 Å². The van der Waals surface area contributed by atoms with E-state index >= 15 is 0 Å². The molecule has 1 aromatic heterocycles. The summed E-state index contributed by atoms with van der Waals surface area (Å²) >= 11 is 0. The molecule has 0 atom stereocenters. The Labute approximate surface area is 432 Å². The second-order valence-electron chi connectivity index (χ2n) is 17.4. The fraction of sp³-hybridized carbons (Fsp3) is 0.196. The number of fused-ring (bicyclic) bond motifs is 1. The maximum absolute atomic E-state index is 14.2. The number of aromatic nitrogens is 1. The van der Waals surface area contributed by atoms with Crippen LogP contribution < -0.4 is 26.4 Å². The second kappa shape index (κ2) is 21.4. The highest BCUT2D eigenvalue weighted by Crippen LogP contribution is 2.41. The molecule has 0 amide bonds. The van der Waals surface area contributed by atoms with E-state index in [0.717, 1.165) is 10.9 Å². The standard InChI is InChI=1S/C32H12BF24.C19H16NO3/c34-25(35,36)13-1-14(26(37,38)39)6-21(5-13)33(22-7-15(27(40,41)42)2-16(8-22)28(43,44)45,23-9-17(29(46,47)48)3-18(10-23)30(49,50)51)24-11-19(31(52,53)54)4-20(12-24)32(55,56)57;1-23-19(22)17-12-11-14-7-5-6-10-16(14)20(17)13-18(21)15-8-3-2-4-9-15/h1-12H;2-12H,13H2,1H3/q-1;+1. The van der Waals surface area contributed by atoms with E-state index in [9.17, 15) is 115 Å². The van der Waals surface area contributed by atoms with E-state index in [1.165, 1.54) is 7.11 Å². The van der Waals surface area contributed by atoms with Crippen LogP contribution in [-0.4, -0.2) is 25.0 Å². The van der Waals surface area contributed by atoms with Crippen LogP contribution in [-0.2, 0) is 60.7 Å². The lowest BCUT2D eigenvalue weighted by molar-refractivity contribution is -0.659. The maximum Gasteiger partial charge on any atom is 0.416 e. The molecule has 0 aliphatic heterocycles. The van der Waals surface area contributed by atoms with Gasteiger partial charge in [-0.05, 0) is 36.4 Å². The van der Waals surface area contributed by atoms with E-state index in [-0.39, 0.29) is 12.3 Å². The lowest BCUT2D eigenvalue weighted by Gasteiger charge is -2.46. The van der Waals surface area contributed by atoms with Gasteiger partial charge in [0.15, 0.2) is 0 Å². The van der Waals surface area contributed by atoms with Crippen LogP contribution in [0.4, 0.5) is 105 Å². The average Bonchev–Trinajstić information content (AvgIpc) is 3.34. The number of pyridine rings is 1. The van der Waals surface area contributed by atoms with E-state index in [2.05, 4.69) is 0 Å². The first kappa shape index (κ1) is 61.5. The Morgan fingerprint density at radius 1 is 0.375 bits per heavy atom. The van der Waals surface area contributed by atoms with Crippen LogP contribution in [0.3, 0.4) is 0 Å². The molecule has 0 bridgehead atoms. The molecule has 0 radical (unpaired) electrons. The maximum atomic E-state index is 14.2. The highest BCUT2D eigenvalue weighted by atomic mass is 19.4. The summed E-state index contributed by atoms with van der Waals surface area (Å²) in [6.45, 7) is 0.0792. The van der Waals surface area contributed by atoms with Gasteiger partial charge >= 0.3 is 55.4 Å². The van der Waals surface area contributed by atoms with Crippen molar-refractivity contribution < 1.29 is 124 Å². The number of alkyl halides is 24. The minimum atomic E-state index is -6.13. The molecule has 1 heterocycles. The molecule has 426 valence electrons. The van der Waals surface area contributed by atoms with Crippen LogP contribution in [0.15, 0.2) is 140 Å². The highest BCUT2D eigenvalue weighted by Gasteiger charge is 2.47. The summed E-state index contributed by atoms with van der Waals surface area (Å²) < 4.78 is 347. The Kier molecular flexibility index (Phi) is 16.4. The van der Waals surface area contributed by atoms with E-state index < -0.39 is 201 Å². The monoisotopic (exact) mass is 1170 g/mol. The molecule has 7 aromatic rings. The summed E-state index contributed by atoms with van der Waals surface area (Å²) in [5, 5.41) is 0.959. The fourth-order valence-electron chi connectivity index (χ4n) is 8.65. The first-order valence-electron chi connectivity index (χ1n) is 21.9. The number of halogens is 24. The highest BCUT2D eigenvalue weighted by molar-refractivity contribution is 7.20. The molecule has 0 aliphatic rings. The average molecular weight is 1170 g/mol. The van der Waals surface area contributed by atoms with Crippen molar-refractivity contribution in [3.8, 4) is 0 Å². The topological polar surface area (TPSA) is 47.2 Å². The fourth-order valence-corrected chi connectivity index (χ4v) is 8.65. The molecule has 7 rings (SSSR count). The number of hydrogen-bond donors (Lipinski definition) is 0. The largest absolute Gasteiger partial charge is 0.461 e. The van der Waals surface area contributed by atoms with E-state index in [1.54, 1.807) is 22.8 Å². The third kappa shape index (κ3) is 13.5. The molecule has 0 saturated heterocycles. The minimum absolute atomic E-state index is 0.0582. The van der Waals surface area contributed by atoms with Gasteiger partial charge in [0, 0.05) is 23.1 Å². The Balaban J connectivity index is 0.000000370. The van der Waals surface area contributed by atoms with Gasteiger partial charge in [-0.3, -0.25) is 4.79 Å². The Morgan fingerprint density at radius 2 is 0.650 bits per heavy atom. The Bertz CT molecular complexity index is 3000. The van der Waals surface area contributed by atoms with Crippen LogP contribution in [0.1, 0.15) is 65.4 Å². The van der Waals surface area contributed by atoms with E-state index in [4.69, 9.17) is 4.74 Å².